The highest BCUT2D eigenvalue weighted by atomic mass is 16.5. The zero-order valence-corrected chi connectivity index (χ0v) is 18.4. The highest BCUT2D eigenvalue weighted by molar-refractivity contribution is 6.03. The Hall–Kier alpha value is -4.26. The predicted molar refractivity (Wildman–Crippen MR) is 127 cm³/mol. The number of carboxylic acids is 1. The number of anilines is 1. The van der Waals surface area contributed by atoms with E-state index < -0.39 is 5.97 Å². The highest BCUT2D eigenvalue weighted by Crippen LogP contribution is 2.37. The third kappa shape index (κ3) is 4.39. The number of hydrogen-bond acceptors (Lipinski definition) is 6. The number of carboxylic acid groups (broad SMARTS) is 1. The van der Waals surface area contributed by atoms with Crippen LogP contribution in [-0.2, 0) is 17.8 Å². The zero-order chi connectivity index (χ0) is 23.4. The number of furan rings is 1. The van der Waals surface area contributed by atoms with E-state index in [1.54, 1.807) is 24.5 Å². The van der Waals surface area contributed by atoms with Crippen molar-refractivity contribution in [3.8, 4) is 16.9 Å². The van der Waals surface area contributed by atoms with Crippen LogP contribution in [0.2, 0.25) is 0 Å². The van der Waals surface area contributed by atoms with E-state index in [-0.39, 0.29) is 13.0 Å². The summed E-state index contributed by atoms with van der Waals surface area (Å²) >= 11 is 0. The summed E-state index contributed by atoms with van der Waals surface area (Å²) in [6.07, 6.45) is 1.53. The van der Waals surface area contributed by atoms with Gasteiger partial charge >= 0.3 is 5.97 Å². The quantitative estimate of drug-likeness (QED) is 0.327. The molecule has 0 fully saturated rings. The maximum absolute atomic E-state index is 11.1. The Bertz CT molecular complexity index is 1420. The number of benzene rings is 3. The molecule has 5 aromatic rings. The first-order chi connectivity index (χ1) is 16.1. The smallest absolute Gasteiger partial charge is 0.307 e. The van der Waals surface area contributed by atoms with E-state index in [1.165, 1.54) is 0 Å². The lowest BCUT2D eigenvalue weighted by atomic mass is 9.99. The molecular weight excluding hydrogens is 420 g/mol. The number of para-hydroxylation sites is 2. The van der Waals surface area contributed by atoms with Crippen molar-refractivity contribution < 1.29 is 23.6 Å². The van der Waals surface area contributed by atoms with Crippen LogP contribution in [0, 0.1) is 0 Å². The summed E-state index contributed by atoms with van der Waals surface area (Å²) < 4.78 is 17.2. The number of aliphatic carboxylic acids is 1. The maximum Gasteiger partial charge on any atom is 0.307 e. The summed E-state index contributed by atoms with van der Waals surface area (Å²) in [5.41, 5.74) is 10.4. The van der Waals surface area contributed by atoms with Gasteiger partial charge < -0.3 is 24.5 Å². The van der Waals surface area contributed by atoms with Gasteiger partial charge in [-0.05, 0) is 35.9 Å². The molecule has 0 radical (unpaired) electrons. The first kappa shape index (κ1) is 22.0. The van der Waals surface area contributed by atoms with E-state index in [4.69, 9.17) is 24.5 Å². The summed E-state index contributed by atoms with van der Waals surface area (Å²) in [5.74, 6) is -0.0245. The number of nitrogen functional groups attached to an aromatic ring is 1. The Balaban J connectivity index is 0.00000126. The van der Waals surface area contributed by atoms with E-state index >= 15 is 0 Å². The SMILES string of the molecule is CC.Nc1noc2c(-c3cc(COc4ccccc4CC(=O)O)cc4ccoc34)cccc12. The normalized spacial score (nSPS) is 10.7. The van der Waals surface area contributed by atoms with Crippen LogP contribution < -0.4 is 10.5 Å². The van der Waals surface area contributed by atoms with Crippen molar-refractivity contribution >= 4 is 33.7 Å². The second-order valence-electron chi connectivity index (χ2n) is 7.20. The van der Waals surface area contributed by atoms with Crippen LogP contribution in [0.5, 0.6) is 5.75 Å². The summed E-state index contributed by atoms with van der Waals surface area (Å²) in [6, 6.07) is 18.7. The van der Waals surface area contributed by atoms with Crippen LogP contribution in [-0.4, -0.2) is 16.2 Å². The molecular formula is C26H24N2O5. The van der Waals surface area contributed by atoms with E-state index in [1.807, 2.05) is 56.3 Å². The Morgan fingerprint density at radius 2 is 1.85 bits per heavy atom. The van der Waals surface area contributed by atoms with Crippen molar-refractivity contribution in [2.24, 2.45) is 0 Å². The Morgan fingerprint density at radius 3 is 2.67 bits per heavy atom. The number of ether oxygens (including phenoxy) is 1. The standard InChI is InChI=1S/C24H18N2O5.C2H6/c25-24-18-6-3-5-17(23(18)31-26-24)19-11-14(10-16-8-9-29-22(16)19)13-30-20-7-2-1-4-15(20)12-21(27)28;1-2/h1-11H,12-13H2,(H2,25,26)(H,27,28);1-2H3. The number of hydrogen-bond donors (Lipinski definition) is 2. The van der Waals surface area contributed by atoms with Gasteiger partial charge in [-0.25, -0.2) is 0 Å². The number of fused-ring (bicyclic) bond motifs is 2. The fourth-order valence-electron chi connectivity index (χ4n) is 3.74. The molecule has 5 rings (SSSR count). The molecule has 0 aliphatic carbocycles. The molecule has 0 aliphatic rings. The number of nitrogens with two attached hydrogens (primary N) is 1. The minimum atomic E-state index is -0.905. The van der Waals surface area contributed by atoms with Crippen LogP contribution >= 0.6 is 0 Å². The van der Waals surface area contributed by atoms with Crippen LogP contribution in [0.3, 0.4) is 0 Å². The van der Waals surface area contributed by atoms with Crippen molar-refractivity contribution in [1.82, 2.24) is 5.16 Å². The molecule has 0 saturated carbocycles. The van der Waals surface area contributed by atoms with E-state index in [9.17, 15) is 4.79 Å². The first-order valence-corrected chi connectivity index (χ1v) is 10.7. The van der Waals surface area contributed by atoms with Gasteiger partial charge in [0.15, 0.2) is 11.4 Å². The minimum absolute atomic E-state index is 0.100. The lowest BCUT2D eigenvalue weighted by Gasteiger charge is -2.12. The van der Waals surface area contributed by atoms with Crippen LogP contribution in [0.15, 0.2) is 75.9 Å². The minimum Gasteiger partial charge on any atom is -0.489 e. The molecule has 0 bridgehead atoms. The van der Waals surface area contributed by atoms with Gasteiger partial charge in [0, 0.05) is 22.1 Å². The van der Waals surface area contributed by atoms with Gasteiger partial charge in [0.2, 0.25) is 0 Å². The van der Waals surface area contributed by atoms with Gasteiger partial charge in [-0.15, -0.1) is 0 Å². The first-order valence-electron chi connectivity index (χ1n) is 10.7. The van der Waals surface area contributed by atoms with Gasteiger partial charge in [0.05, 0.1) is 18.1 Å². The van der Waals surface area contributed by atoms with Gasteiger partial charge in [0.1, 0.15) is 17.9 Å². The third-order valence-electron chi connectivity index (χ3n) is 5.14. The fraction of sp³-hybridized carbons (Fsp3) is 0.154. The second kappa shape index (κ2) is 9.48. The lowest BCUT2D eigenvalue weighted by Crippen LogP contribution is -2.04. The summed E-state index contributed by atoms with van der Waals surface area (Å²) in [5, 5.41) is 14.7. The number of rotatable bonds is 6. The maximum atomic E-state index is 11.1. The predicted octanol–water partition coefficient (Wildman–Crippen LogP) is 6.06. The van der Waals surface area contributed by atoms with Gasteiger partial charge in [-0.2, -0.15) is 0 Å². The largest absolute Gasteiger partial charge is 0.489 e. The average molecular weight is 444 g/mol. The molecule has 33 heavy (non-hydrogen) atoms. The molecule has 0 atom stereocenters. The summed E-state index contributed by atoms with van der Waals surface area (Å²) in [7, 11) is 0. The molecule has 0 aliphatic heterocycles. The Morgan fingerprint density at radius 1 is 1.03 bits per heavy atom. The molecule has 7 heteroatoms. The molecule has 0 amide bonds. The van der Waals surface area contributed by atoms with Crippen LogP contribution in [0.4, 0.5) is 5.82 Å². The van der Waals surface area contributed by atoms with E-state index in [0.717, 1.165) is 33.0 Å². The molecule has 0 unspecified atom stereocenters. The third-order valence-corrected chi connectivity index (χ3v) is 5.14. The number of aromatic nitrogens is 1. The molecule has 168 valence electrons. The molecule has 0 saturated heterocycles. The molecule has 2 aromatic heterocycles. The number of nitrogens with zero attached hydrogens (tertiary/aromatic N) is 1. The molecule has 7 nitrogen and oxygen atoms in total. The molecule has 3 aromatic carbocycles. The molecule has 3 N–H and O–H groups in total. The Labute approximate surface area is 190 Å². The fourth-order valence-corrected chi connectivity index (χ4v) is 3.74. The van der Waals surface area contributed by atoms with E-state index in [2.05, 4.69) is 5.16 Å². The Kier molecular flexibility index (Phi) is 6.31. The van der Waals surface area contributed by atoms with Crippen LogP contribution in [0.1, 0.15) is 25.0 Å². The average Bonchev–Trinajstić information content (AvgIpc) is 3.46. The lowest BCUT2D eigenvalue weighted by molar-refractivity contribution is -0.136. The summed E-state index contributed by atoms with van der Waals surface area (Å²) in [6.45, 7) is 4.26. The highest BCUT2D eigenvalue weighted by Gasteiger charge is 2.17. The monoisotopic (exact) mass is 444 g/mol. The second-order valence-corrected chi connectivity index (χ2v) is 7.20. The molecule has 2 heterocycles. The van der Waals surface area contributed by atoms with Crippen LogP contribution in [0.25, 0.3) is 33.1 Å². The van der Waals surface area contributed by atoms with Crippen molar-refractivity contribution in [2.75, 3.05) is 5.73 Å². The van der Waals surface area contributed by atoms with Crippen molar-refractivity contribution in [3.63, 3.8) is 0 Å². The van der Waals surface area contributed by atoms with Gasteiger partial charge in [-0.1, -0.05) is 49.3 Å². The van der Waals surface area contributed by atoms with Gasteiger partial charge in [-0.3, -0.25) is 4.79 Å². The van der Waals surface area contributed by atoms with Crippen molar-refractivity contribution in [3.05, 3.63) is 78.1 Å². The van der Waals surface area contributed by atoms with Crippen molar-refractivity contribution in [2.45, 2.75) is 26.9 Å². The summed E-state index contributed by atoms with van der Waals surface area (Å²) in [4.78, 5) is 11.1. The molecule has 0 spiro atoms. The van der Waals surface area contributed by atoms with Crippen molar-refractivity contribution in [1.29, 1.82) is 0 Å². The topological polar surface area (TPSA) is 112 Å². The van der Waals surface area contributed by atoms with E-state index in [0.29, 0.717) is 22.7 Å². The number of carbonyl (C=O) groups is 1. The zero-order valence-electron chi connectivity index (χ0n) is 18.4. The van der Waals surface area contributed by atoms with Gasteiger partial charge in [0.25, 0.3) is 0 Å².